The van der Waals surface area contributed by atoms with Crippen molar-refractivity contribution in [3.05, 3.63) is 41.9 Å². The van der Waals surface area contributed by atoms with Crippen LogP contribution in [0, 0.1) is 6.92 Å². The van der Waals surface area contributed by atoms with Gasteiger partial charge in [0.1, 0.15) is 6.04 Å². The Morgan fingerprint density at radius 1 is 1.32 bits per heavy atom. The van der Waals surface area contributed by atoms with Crippen LogP contribution in [0.3, 0.4) is 0 Å². The first-order valence-electron chi connectivity index (χ1n) is 8.04. The first-order valence-corrected chi connectivity index (χ1v) is 8.04. The molecule has 0 aliphatic heterocycles. The fourth-order valence-corrected chi connectivity index (χ4v) is 2.40. The van der Waals surface area contributed by atoms with Gasteiger partial charge in [0.2, 0.25) is 5.91 Å². The molecule has 1 unspecified atom stereocenters. The summed E-state index contributed by atoms with van der Waals surface area (Å²) in [5.41, 5.74) is 1.68. The van der Waals surface area contributed by atoms with E-state index in [-0.39, 0.29) is 25.4 Å². The standard InChI is InChI=1S/C18H22N2O5/c1-12-17(13-6-4-3-5-7-13)25-16(19-12)9-8-15(21)20-14(18(22)23)10-11-24-2/h3-7,14H,8-11H2,1-2H3,(H,20,21)(H,22,23). The Labute approximate surface area is 146 Å². The van der Waals surface area contributed by atoms with Crippen molar-refractivity contribution in [2.75, 3.05) is 13.7 Å². The number of aliphatic carboxylic acids is 1. The molecule has 0 radical (unpaired) electrons. The third-order valence-corrected chi connectivity index (χ3v) is 3.69. The first kappa shape index (κ1) is 18.7. The second-order valence-corrected chi connectivity index (χ2v) is 5.63. The highest BCUT2D eigenvalue weighted by molar-refractivity contribution is 5.83. The summed E-state index contributed by atoms with van der Waals surface area (Å²) in [6.45, 7) is 2.11. The van der Waals surface area contributed by atoms with Gasteiger partial charge in [-0.05, 0) is 6.92 Å². The minimum absolute atomic E-state index is 0.102. The summed E-state index contributed by atoms with van der Waals surface area (Å²) in [6.07, 6.45) is 0.620. The van der Waals surface area contributed by atoms with Crippen molar-refractivity contribution in [2.45, 2.75) is 32.2 Å². The van der Waals surface area contributed by atoms with E-state index in [0.29, 0.717) is 18.1 Å². The van der Waals surface area contributed by atoms with Crippen LogP contribution in [0.25, 0.3) is 11.3 Å². The maximum absolute atomic E-state index is 12.0. The summed E-state index contributed by atoms with van der Waals surface area (Å²) in [7, 11) is 1.48. The van der Waals surface area contributed by atoms with Gasteiger partial charge in [0, 0.05) is 38.5 Å². The van der Waals surface area contributed by atoms with Gasteiger partial charge >= 0.3 is 5.97 Å². The summed E-state index contributed by atoms with van der Waals surface area (Å²) in [5, 5.41) is 11.6. The number of ether oxygens (including phenoxy) is 1. The summed E-state index contributed by atoms with van der Waals surface area (Å²) in [6, 6.07) is 8.64. The molecule has 2 aromatic rings. The van der Waals surface area contributed by atoms with Gasteiger partial charge in [0.15, 0.2) is 11.7 Å². The number of benzene rings is 1. The topological polar surface area (TPSA) is 102 Å². The average Bonchev–Trinajstić information content (AvgIpc) is 2.98. The lowest BCUT2D eigenvalue weighted by Crippen LogP contribution is -2.41. The molecule has 25 heavy (non-hydrogen) atoms. The molecule has 7 nitrogen and oxygen atoms in total. The zero-order valence-corrected chi connectivity index (χ0v) is 14.3. The van der Waals surface area contributed by atoms with Crippen molar-refractivity contribution < 1.29 is 23.8 Å². The number of nitrogens with zero attached hydrogens (tertiary/aromatic N) is 1. The number of hydrogen-bond acceptors (Lipinski definition) is 5. The lowest BCUT2D eigenvalue weighted by molar-refractivity contribution is -0.142. The van der Waals surface area contributed by atoms with E-state index < -0.39 is 12.0 Å². The Bertz CT molecular complexity index is 712. The molecule has 1 aromatic heterocycles. The molecule has 2 rings (SSSR count). The fourth-order valence-electron chi connectivity index (χ4n) is 2.40. The number of nitrogens with one attached hydrogen (secondary N) is 1. The van der Waals surface area contributed by atoms with Crippen molar-refractivity contribution in [1.29, 1.82) is 0 Å². The molecular weight excluding hydrogens is 324 g/mol. The van der Waals surface area contributed by atoms with Crippen molar-refractivity contribution in [1.82, 2.24) is 10.3 Å². The van der Waals surface area contributed by atoms with Gasteiger partial charge in [-0.15, -0.1) is 0 Å². The fraction of sp³-hybridized carbons (Fsp3) is 0.389. The van der Waals surface area contributed by atoms with E-state index in [1.54, 1.807) is 0 Å². The van der Waals surface area contributed by atoms with Crippen molar-refractivity contribution in [3.63, 3.8) is 0 Å². The maximum atomic E-state index is 12.0. The largest absolute Gasteiger partial charge is 0.480 e. The van der Waals surface area contributed by atoms with Gasteiger partial charge < -0.3 is 19.6 Å². The molecule has 0 saturated carbocycles. The van der Waals surface area contributed by atoms with Crippen LogP contribution in [0.2, 0.25) is 0 Å². The summed E-state index contributed by atoms with van der Waals surface area (Å²) in [4.78, 5) is 27.4. The van der Waals surface area contributed by atoms with Crippen molar-refractivity contribution in [2.24, 2.45) is 0 Å². The van der Waals surface area contributed by atoms with E-state index in [0.717, 1.165) is 11.3 Å². The molecule has 0 aliphatic rings. The maximum Gasteiger partial charge on any atom is 0.326 e. The number of hydrogen-bond donors (Lipinski definition) is 2. The molecule has 2 N–H and O–H groups in total. The molecule has 0 saturated heterocycles. The number of amides is 1. The lowest BCUT2D eigenvalue weighted by atomic mass is 10.1. The lowest BCUT2D eigenvalue weighted by Gasteiger charge is -2.13. The number of carboxylic acid groups (broad SMARTS) is 1. The number of methoxy groups -OCH3 is 1. The average molecular weight is 346 g/mol. The van der Waals surface area contributed by atoms with Gasteiger partial charge in [0.25, 0.3) is 0 Å². The molecule has 7 heteroatoms. The van der Waals surface area contributed by atoms with Crippen LogP contribution in [0.5, 0.6) is 0 Å². The Morgan fingerprint density at radius 2 is 2.04 bits per heavy atom. The van der Waals surface area contributed by atoms with E-state index in [1.165, 1.54) is 7.11 Å². The van der Waals surface area contributed by atoms with Crippen LogP contribution < -0.4 is 5.32 Å². The first-order chi connectivity index (χ1) is 12.0. The quantitative estimate of drug-likeness (QED) is 0.722. The highest BCUT2D eigenvalue weighted by Gasteiger charge is 2.20. The van der Waals surface area contributed by atoms with Crippen LogP contribution in [-0.4, -0.2) is 41.7 Å². The summed E-state index contributed by atoms with van der Waals surface area (Å²) >= 11 is 0. The Hall–Kier alpha value is -2.67. The van der Waals surface area contributed by atoms with E-state index in [1.807, 2.05) is 37.3 Å². The molecule has 0 spiro atoms. The number of aryl methyl sites for hydroxylation is 2. The molecule has 134 valence electrons. The number of rotatable bonds is 9. The van der Waals surface area contributed by atoms with Gasteiger partial charge in [0.05, 0.1) is 5.69 Å². The molecule has 0 fully saturated rings. The molecule has 1 aromatic carbocycles. The predicted molar refractivity (Wildman–Crippen MR) is 91.1 cm³/mol. The van der Waals surface area contributed by atoms with Crippen molar-refractivity contribution in [3.8, 4) is 11.3 Å². The molecule has 0 bridgehead atoms. The number of oxazole rings is 1. The van der Waals surface area contributed by atoms with Crippen LogP contribution >= 0.6 is 0 Å². The van der Waals surface area contributed by atoms with Gasteiger partial charge in [-0.3, -0.25) is 4.79 Å². The van der Waals surface area contributed by atoms with E-state index >= 15 is 0 Å². The van der Waals surface area contributed by atoms with Crippen LogP contribution in [0.1, 0.15) is 24.4 Å². The second kappa shape index (κ2) is 8.98. The molecule has 0 aliphatic carbocycles. The number of carbonyl (C=O) groups excluding carboxylic acids is 1. The molecule has 1 atom stereocenters. The Balaban J connectivity index is 1.93. The van der Waals surface area contributed by atoms with E-state index in [4.69, 9.17) is 14.3 Å². The number of carboxylic acids is 1. The van der Waals surface area contributed by atoms with E-state index in [9.17, 15) is 9.59 Å². The minimum Gasteiger partial charge on any atom is -0.480 e. The highest BCUT2D eigenvalue weighted by atomic mass is 16.5. The van der Waals surface area contributed by atoms with Gasteiger partial charge in [-0.25, -0.2) is 9.78 Å². The highest BCUT2D eigenvalue weighted by Crippen LogP contribution is 2.24. The molecular formula is C18H22N2O5. The third kappa shape index (κ3) is 5.42. The van der Waals surface area contributed by atoms with Crippen LogP contribution in [0.4, 0.5) is 0 Å². The number of carbonyl (C=O) groups is 2. The Kier molecular flexibility index (Phi) is 6.71. The summed E-state index contributed by atoms with van der Waals surface area (Å²) in [5.74, 6) is -0.306. The zero-order valence-electron chi connectivity index (χ0n) is 14.3. The summed E-state index contributed by atoms with van der Waals surface area (Å²) < 4.78 is 10.6. The van der Waals surface area contributed by atoms with Crippen LogP contribution in [-0.2, 0) is 20.7 Å². The monoisotopic (exact) mass is 346 g/mol. The predicted octanol–water partition coefficient (Wildman–Crippen LogP) is 2.19. The minimum atomic E-state index is -1.08. The molecule has 1 amide bonds. The van der Waals surface area contributed by atoms with Gasteiger partial charge in [-0.1, -0.05) is 30.3 Å². The van der Waals surface area contributed by atoms with Gasteiger partial charge in [-0.2, -0.15) is 0 Å². The molecule has 1 heterocycles. The van der Waals surface area contributed by atoms with Crippen molar-refractivity contribution >= 4 is 11.9 Å². The Morgan fingerprint density at radius 3 is 2.68 bits per heavy atom. The zero-order chi connectivity index (χ0) is 18.2. The normalized spacial score (nSPS) is 11.9. The third-order valence-electron chi connectivity index (χ3n) is 3.69. The number of aromatic nitrogens is 1. The van der Waals surface area contributed by atoms with E-state index in [2.05, 4.69) is 10.3 Å². The SMILES string of the molecule is COCCC(NC(=O)CCc1nc(C)c(-c2ccccc2)o1)C(=O)O. The second-order valence-electron chi connectivity index (χ2n) is 5.63. The van der Waals surface area contributed by atoms with Crippen LogP contribution in [0.15, 0.2) is 34.7 Å². The smallest absolute Gasteiger partial charge is 0.326 e.